The van der Waals surface area contributed by atoms with Gasteiger partial charge in [0.15, 0.2) is 0 Å². The maximum Gasteiger partial charge on any atom is 0.329 e. The number of carbonyl (C=O) groups excluding carboxylic acids is 3. The summed E-state index contributed by atoms with van der Waals surface area (Å²) in [4.78, 5) is 35.5. The Morgan fingerprint density at radius 3 is 2.25 bits per heavy atom. The number of nitrogens with one attached hydrogen (secondary N) is 3. The largest absolute Gasteiger partial charge is 0.352 e. The lowest BCUT2D eigenvalue weighted by Crippen LogP contribution is -2.33. The Labute approximate surface area is 162 Å². The van der Waals surface area contributed by atoms with Crippen molar-refractivity contribution in [3.8, 4) is 0 Å². The van der Waals surface area contributed by atoms with E-state index < -0.39 is 11.8 Å². The molecular formula is C20H21FN4O3. The highest BCUT2D eigenvalue weighted by atomic mass is 19.1. The average molecular weight is 384 g/mol. The van der Waals surface area contributed by atoms with E-state index in [0.717, 1.165) is 11.1 Å². The van der Waals surface area contributed by atoms with Crippen molar-refractivity contribution < 1.29 is 18.8 Å². The van der Waals surface area contributed by atoms with E-state index >= 15 is 0 Å². The first-order valence-corrected chi connectivity index (χ1v) is 8.56. The van der Waals surface area contributed by atoms with Gasteiger partial charge in [0.05, 0.1) is 6.42 Å². The molecule has 0 aliphatic heterocycles. The Hall–Kier alpha value is -3.55. The smallest absolute Gasteiger partial charge is 0.329 e. The minimum Gasteiger partial charge on any atom is -0.352 e. The number of amides is 3. The molecule has 0 radical (unpaired) electrons. The molecule has 8 heteroatoms. The summed E-state index contributed by atoms with van der Waals surface area (Å²) in [7, 11) is 0. The van der Waals surface area contributed by atoms with E-state index in [1.165, 1.54) is 12.1 Å². The van der Waals surface area contributed by atoms with Crippen LogP contribution in [0.4, 0.5) is 10.1 Å². The Morgan fingerprint density at radius 1 is 0.964 bits per heavy atom. The lowest BCUT2D eigenvalue weighted by molar-refractivity contribution is -0.136. The van der Waals surface area contributed by atoms with Crippen molar-refractivity contribution in [3.63, 3.8) is 0 Å². The van der Waals surface area contributed by atoms with Gasteiger partial charge in [-0.3, -0.25) is 14.4 Å². The van der Waals surface area contributed by atoms with E-state index in [0.29, 0.717) is 11.4 Å². The molecule has 0 saturated heterocycles. The summed E-state index contributed by atoms with van der Waals surface area (Å²) >= 11 is 0. The quantitative estimate of drug-likeness (QED) is 0.405. The highest BCUT2D eigenvalue weighted by molar-refractivity contribution is 6.39. The number of aryl methyl sites for hydroxylation is 1. The van der Waals surface area contributed by atoms with Gasteiger partial charge in [-0.1, -0.05) is 29.8 Å². The minimum absolute atomic E-state index is 0.0545. The van der Waals surface area contributed by atoms with Gasteiger partial charge >= 0.3 is 11.8 Å². The summed E-state index contributed by atoms with van der Waals surface area (Å²) in [6.07, 6.45) is -0.0545. The third-order valence-electron chi connectivity index (χ3n) is 3.68. The summed E-state index contributed by atoms with van der Waals surface area (Å²) in [6.45, 7) is 3.71. The van der Waals surface area contributed by atoms with Crippen LogP contribution in [0.3, 0.4) is 0 Å². The molecule has 0 saturated carbocycles. The molecule has 3 amide bonds. The lowest BCUT2D eigenvalue weighted by Gasteiger charge is -2.06. The number of hydrazone groups is 1. The maximum absolute atomic E-state index is 12.8. The van der Waals surface area contributed by atoms with E-state index in [1.807, 2.05) is 6.92 Å². The topological polar surface area (TPSA) is 99.7 Å². The van der Waals surface area contributed by atoms with Gasteiger partial charge in [-0.25, -0.2) is 9.82 Å². The van der Waals surface area contributed by atoms with Gasteiger partial charge in [0, 0.05) is 17.9 Å². The van der Waals surface area contributed by atoms with E-state index in [1.54, 1.807) is 43.3 Å². The number of hydrogen-bond donors (Lipinski definition) is 3. The predicted molar refractivity (Wildman–Crippen MR) is 104 cm³/mol. The van der Waals surface area contributed by atoms with Crippen molar-refractivity contribution in [2.75, 3.05) is 5.32 Å². The third-order valence-corrected chi connectivity index (χ3v) is 3.68. The molecule has 0 bridgehead atoms. The first-order valence-electron chi connectivity index (χ1n) is 8.56. The number of halogens is 1. The van der Waals surface area contributed by atoms with Crippen LogP contribution >= 0.6 is 0 Å². The zero-order chi connectivity index (χ0) is 20.5. The molecule has 3 N–H and O–H groups in total. The molecule has 0 aliphatic carbocycles. The van der Waals surface area contributed by atoms with Gasteiger partial charge in [0.2, 0.25) is 5.91 Å². The van der Waals surface area contributed by atoms with Gasteiger partial charge < -0.3 is 10.6 Å². The van der Waals surface area contributed by atoms with Crippen LogP contribution in [-0.4, -0.2) is 23.4 Å². The van der Waals surface area contributed by atoms with E-state index in [2.05, 4.69) is 21.2 Å². The van der Waals surface area contributed by atoms with Crippen LogP contribution < -0.4 is 16.1 Å². The Morgan fingerprint density at radius 2 is 1.61 bits per heavy atom. The van der Waals surface area contributed by atoms with Crippen molar-refractivity contribution in [2.45, 2.75) is 26.8 Å². The molecule has 7 nitrogen and oxygen atoms in total. The summed E-state index contributed by atoms with van der Waals surface area (Å²) in [5.41, 5.74) is 4.72. The molecule has 2 aromatic carbocycles. The second-order valence-electron chi connectivity index (χ2n) is 6.19. The van der Waals surface area contributed by atoms with Crippen molar-refractivity contribution in [2.24, 2.45) is 5.10 Å². The molecule has 2 aromatic rings. The minimum atomic E-state index is -0.938. The fraction of sp³-hybridized carbons (Fsp3) is 0.200. The summed E-state index contributed by atoms with van der Waals surface area (Å²) in [5, 5.41) is 8.87. The standard InChI is InChI=1S/C20H21FN4O3/c1-13-3-9-17(10-4-13)23-19(27)20(28)25-24-14(2)11-18(26)22-12-15-5-7-16(21)8-6-15/h3-10H,11-12H2,1-2H3,(H,22,26)(H,23,27)(H,25,28)/b24-14+. The molecule has 0 fully saturated rings. The lowest BCUT2D eigenvalue weighted by atomic mass is 10.2. The van der Waals surface area contributed by atoms with Gasteiger partial charge in [-0.05, 0) is 43.7 Å². The number of hydrogen-bond acceptors (Lipinski definition) is 4. The summed E-state index contributed by atoms with van der Waals surface area (Å²) in [6, 6.07) is 12.7. The maximum atomic E-state index is 12.8. The number of rotatable bonds is 6. The van der Waals surface area contributed by atoms with E-state index in [-0.39, 0.29) is 24.7 Å². The van der Waals surface area contributed by atoms with Crippen LogP contribution in [0, 0.1) is 12.7 Å². The fourth-order valence-corrected chi connectivity index (χ4v) is 2.16. The van der Waals surface area contributed by atoms with Crippen LogP contribution in [0.1, 0.15) is 24.5 Å². The molecule has 0 heterocycles. The first-order chi connectivity index (χ1) is 13.3. The second-order valence-corrected chi connectivity index (χ2v) is 6.19. The number of nitrogens with zero attached hydrogens (tertiary/aromatic N) is 1. The van der Waals surface area contributed by atoms with Crippen LogP contribution in [0.5, 0.6) is 0 Å². The number of benzene rings is 2. The van der Waals surface area contributed by atoms with Gasteiger partial charge in [0.1, 0.15) is 5.82 Å². The predicted octanol–water partition coefficient (Wildman–Crippen LogP) is 2.27. The SMILES string of the molecule is C/C(CC(=O)NCc1ccc(F)cc1)=N\NC(=O)C(=O)Nc1ccc(C)cc1. The molecule has 2 rings (SSSR count). The zero-order valence-electron chi connectivity index (χ0n) is 15.6. The Balaban J connectivity index is 1.76. The molecule has 0 aromatic heterocycles. The molecule has 0 aliphatic rings. The first kappa shape index (κ1) is 20.8. The molecule has 0 atom stereocenters. The van der Waals surface area contributed by atoms with E-state index in [9.17, 15) is 18.8 Å². The van der Waals surface area contributed by atoms with Crippen LogP contribution in [0.2, 0.25) is 0 Å². The summed E-state index contributed by atoms with van der Waals surface area (Å²) in [5.74, 6) is -2.46. The molecular weight excluding hydrogens is 363 g/mol. The van der Waals surface area contributed by atoms with Crippen molar-refractivity contribution in [3.05, 3.63) is 65.5 Å². The Bertz CT molecular complexity index is 877. The molecule has 0 unspecified atom stereocenters. The van der Waals surface area contributed by atoms with Crippen molar-refractivity contribution >= 4 is 29.1 Å². The number of carbonyl (C=O) groups is 3. The monoisotopic (exact) mass is 384 g/mol. The van der Waals surface area contributed by atoms with Crippen LogP contribution in [0.25, 0.3) is 0 Å². The van der Waals surface area contributed by atoms with Gasteiger partial charge in [-0.2, -0.15) is 5.10 Å². The molecule has 28 heavy (non-hydrogen) atoms. The molecule has 146 valence electrons. The van der Waals surface area contributed by atoms with E-state index in [4.69, 9.17) is 0 Å². The van der Waals surface area contributed by atoms with Crippen molar-refractivity contribution in [1.82, 2.24) is 10.7 Å². The van der Waals surface area contributed by atoms with Crippen LogP contribution in [-0.2, 0) is 20.9 Å². The van der Waals surface area contributed by atoms with Gasteiger partial charge in [-0.15, -0.1) is 0 Å². The molecule has 0 spiro atoms. The highest BCUT2D eigenvalue weighted by Crippen LogP contribution is 2.08. The van der Waals surface area contributed by atoms with Crippen LogP contribution in [0.15, 0.2) is 53.6 Å². The second kappa shape index (κ2) is 9.96. The van der Waals surface area contributed by atoms with Crippen molar-refractivity contribution in [1.29, 1.82) is 0 Å². The average Bonchev–Trinajstić information content (AvgIpc) is 2.67. The normalized spacial score (nSPS) is 10.9. The highest BCUT2D eigenvalue weighted by Gasteiger charge is 2.13. The number of anilines is 1. The van der Waals surface area contributed by atoms with Gasteiger partial charge in [0.25, 0.3) is 0 Å². The summed E-state index contributed by atoms with van der Waals surface area (Å²) < 4.78 is 12.8. The third kappa shape index (κ3) is 6.99. The Kier molecular flexibility index (Phi) is 7.38. The zero-order valence-corrected chi connectivity index (χ0v) is 15.6. The fourth-order valence-electron chi connectivity index (χ4n) is 2.16.